The molecule has 7 nitrogen and oxygen atoms in total. The van der Waals surface area contributed by atoms with E-state index in [1.54, 1.807) is 24.3 Å². The van der Waals surface area contributed by atoms with Gasteiger partial charge in [-0.25, -0.2) is 0 Å². The maximum Gasteiger partial charge on any atom is 0.325 e. The first-order valence-electron chi connectivity index (χ1n) is 9.66. The lowest BCUT2D eigenvalue weighted by Gasteiger charge is -2.11. The number of nitrogens with zero attached hydrogens (tertiary/aromatic N) is 3. The summed E-state index contributed by atoms with van der Waals surface area (Å²) in [6.07, 6.45) is 7.33. The fourth-order valence-electron chi connectivity index (χ4n) is 2.43. The maximum absolute atomic E-state index is 12.1. The number of hydrogen-bond donors (Lipinski definition) is 1. The summed E-state index contributed by atoms with van der Waals surface area (Å²) in [4.78, 5) is 25.8. The third-order valence-electron chi connectivity index (χ3n) is 4.15. The van der Waals surface area contributed by atoms with Crippen molar-refractivity contribution < 1.29 is 14.3 Å². The van der Waals surface area contributed by atoms with Crippen LogP contribution in [0, 0.1) is 12.3 Å². The number of anilines is 1. The smallest absolute Gasteiger partial charge is 0.325 e. The number of amides is 1. The number of terminal acetylenes is 1. The lowest BCUT2D eigenvalue weighted by atomic mass is 10.2. The van der Waals surface area contributed by atoms with Crippen LogP contribution < -0.4 is 10.2 Å². The molecule has 0 fully saturated rings. The Hall–Kier alpha value is -3.66. The molecule has 0 aliphatic carbocycles. The predicted molar refractivity (Wildman–Crippen MR) is 117 cm³/mol. The molecule has 2 aromatic carbocycles. The van der Waals surface area contributed by atoms with Crippen LogP contribution in [0.15, 0.2) is 58.8 Å². The summed E-state index contributed by atoms with van der Waals surface area (Å²) in [5, 5.41) is 10.9. The molecule has 0 unspecified atom stereocenters. The zero-order valence-corrected chi connectivity index (χ0v) is 17.3. The summed E-state index contributed by atoms with van der Waals surface area (Å²) >= 11 is 0. The van der Waals surface area contributed by atoms with Gasteiger partial charge < -0.3 is 15.0 Å². The molecule has 1 amide bonds. The van der Waals surface area contributed by atoms with Crippen LogP contribution in [0.4, 0.5) is 17.1 Å². The van der Waals surface area contributed by atoms with E-state index >= 15 is 0 Å². The van der Waals surface area contributed by atoms with E-state index in [1.165, 1.54) is 0 Å². The van der Waals surface area contributed by atoms with Crippen LogP contribution in [0.1, 0.15) is 29.6 Å². The number of nitrogens with one attached hydrogen (secondary N) is 1. The number of hydrogen-bond acceptors (Lipinski definition) is 6. The second kappa shape index (κ2) is 12.0. The van der Waals surface area contributed by atoms with Crippen molar-refractivity contribution in [2.45, 2.75) is 19.3 Å². The molecule has 0 aliphatic rings. The molecule has 0 bridgehead atoms. The van der Waals surface area contributed by atoms with Gasteiger partial charge in [-0.1, -0.05) is 0 Å². The maximum atomic E-state index is 12.1. The Morgan fingerprint density at radius 2 is 1.60 bits per heavy atom. The van der Waals surface area contributed by atoms with Crippen molar-refractivity contribution in [2.24, 2.45) is 10.2 Å². The first-order valence-corrected chi connectivity index (χ1v) is 9.66. The van der Waals surface area contributed by atoms with E-state index in [0.717, 1.165) is 17.8 Å². The molecule has 30 heavy (non-hydrogen) atoms. The normalized spacial score (nSPS) is 10.4. The largest absolute Gasteiger partial charge is 0.464 e. The summed E-state index contributed by atoms with van der Waals surface area (Å²) in [5.74, 6) is 1.69. The number of benzene rings is 2. The SMILES string of the molecule is C#CCCCCOC(=O)CNC(=O)c1ccc(/N=N/c2ccc(N(C)C)cc2)cc1. The second-order valence-corrected chi connectivity index (χ2v) is 6.72. The Morgan fingerprint density at radius 3 is 2.17 bits per heavy atom. The Bertz CT molecular complexity index is 898. The Kier molecular flexibility index (Phi) is 9.07. The Labute approximate surface area is 177 Å². The van der Waals surface area contributed by atoms with Crippen molar-refractivity contribution >= 4 is 28.9 Å². The van der Waals surface area contributed by atoms with E-state index in [9.17, 15) is 9.59 Å². The summed E-state index contributed by atoms with van der Waals surface area (Å²) in [6, 6.07) is 14.3. The topological polar surface area (TPSA) is 83.4 Å². The zero-order chi connectivity index (χ0) is 21.8. The fraction of sp³-hybridized carbons (Fsp3) is 0.304. The molecule has 0 saturated heterocycles. The monoisotopic (exact) mass is 406 g/mol. The molecule has 2 aromatic rings. The Morgan fingerprint density at radius 1 is 1.00 bits per heavy atom. The third kappa shape index (κ3) is 7.76. The van der Waals surface area contributed by atoms with E-state index in [1.807, 2.05) is 43.3 Å². The van der Waals surface area contributed by atoms with E-state index in [-0.39, 0.29) is 12.5 Å². The van der Waals surface area contributed by atoms with Gasteiger partial charge in [-0.2, -0.15) is 10.2 Å². The molecule has 0 heterocycles. The molecule has 156 valence electrons. The number of esters is 1. The van der Waals surface area contributed by atoms with Crippen molar-refractivity contribution in [2.75, 3.05) is 32.1 Å². The third-order valence-corrected chi connectivity index (χ3v) is 4.15. The molecule has 0 aliphatic heterocycles. The highest BCUT2D eigenvalue weighted by molar-refractivity contribution is 5.96. The molecule has 0 spiro atoms. The lowest BCUT2D eigenvalue weighted by molar-refractivity contribution is -0.142. The van der Waals surface area contributed by atoms with E-state index in [2.05, 4.69) is 21.5 Å². The van der Waals surface area contributed by atoms with Gasteiger partial charge in [-0.3, -0.25) is 9.59 Å². The number of rotatable bonds is 10. The first-order chi connectivity index (χ1) is 14.5. The van der Waals surface area contributed by atoms with Gasteiger partial charge >= 0.3 is 5.97 Å². The van der Waals surface area contributed by atoms with E-state index in [4.69, 9.17) is 11.2 Å². The van der Waals surface area contributed by atoms with Gasteiger partial charge in [0.15, 0.2) is 0 Å². The van der Waals surface area contributed by atoms with Crippen molar-refractivity contribution in [1.82, 2.24) is 5.32 Å². The molecule has 7 heteroatoms. The number of unbranched alkanes of at least 4 members (excludes halogenated alkanes) is 2. The fourth-order valence-corrected chi connectivity index (χ4v) is 2.43. The van der Waals surface area contributed by atoms with Crippen molar-refractivity contribution in [1.29, 1.82) is 0 Å². The molecule has 0 radical (unpaired) electrons. The average Bonchev–Trinajstić information content (AvgIpc) is 2.76. The van der Waals surface area contributed by atoms with Crippen molar-refractivity contribution in [3.05, 3.63) is 54.1 Å². The highest BCUT2D eigenvalue weighted by atomic mass is 16.5. The molecule has 0 saturated carbocycles. The van der Waals surface area contributed by atoms with Crippen LogP contribution in [0.3, 0.4) is 0 Å². The number of carbonyl (C=O) groups is 2. The van der Waals surface area contributed by atoms with Crippen LogP contribution in [0.25, 0.3) is 0 Å². The number of carbonyl (C=O) groups excluding carboxylic acids is 2. The highest BCUT2D eigenvalue weighted by Gasteiger charge is 2.09. The summed E-state index contributed by atoms with van der Waals surface area (Å²) in [7, 11) is 3.94. The van der Waals surface area contributed by atoms with Crippen molar-refractivity contribution in [3.8, 4) is 12.3 Å². The van der Waals surface area contributed by atoms with Crippen LogP contribution in [-0.2, 0) is 9.53 Å². The van der Waals surface area contributed by atoms with Gasteiger partial charge in [0.2, 0.25) is 0 Å². The number of azo groups is 1. The minimum atomic E-state index is -0.477. The zero-order valence-electron chi connectivity index (χ0n) is 17.3. The molecular weight excluding hydrogens is 380 g/mol. The Balaban J connectivity index is 1.79. The number of ether oxygens (including phenoxy) is 1. The quantitative estimate of drug-likeness (QED) is 0.277. The van der Waals surface area contributed by atoms with Gasteiger partial charge in [0.05, 0.1) is 18.0 Å². The summed E-state index contributed by atoms with van der Waals surface area (Å²) in [6.45, 7) is 0.117. The molecule has 2 rings (SSSR count). The van der Waals surface area contributed by atoms with E-state index in [0.29, 0.717) is 30.7 Å². The van der Waals surface area contributed by atoms with Gasteiger partial charge in [-0.05, 0) is 61.4 Å². The minimum Gasteiger partial charge on any atom is -0.464 e. The minimum absolute atomic E-state index is 0.182. The van der Waals surface area contributed by atoms with E-state index < -0.39 is 5.97 Å². The standard InChI is InChI=1S/C23H26N4O3/c1-4-5-6-7-16-30-22(28)17-24-23(29)18-8-10-19(11-9-18)25-26-20-12-14-21(15-13-20)27(2)3/h1,8-15H,5-7,16-17H2,2-3H3,(H,24,29)/b26-25+. The highest BCUT2D eigenvalue weighted by Crippen LogP contribution is 2.21. The van der Waals surface area contributed by atoms with Crippen LogP contribution >= 0.6 is 0 Å². The summed E-state index contributed by atoms with van der Waals surface area (Å²) in [5.41, 5.74) is 2.86. The van der Waals surface area contributed by atoms with Crippen LogP contribution in [0.5, 0.6) is 0 Å². The summed E-state index contributed by atoms with van der Waals surface area (Å²) < 4.78 is 5.04. The first kappa shape index (κ1) is 22.6. The van der Waals surface area contributed by atoms with Gasteiger partial charge in [-0.15, -0.1) is 12.3 Å². The lowest BCUT2D eigenvalue weighted by Crippen LogP contribution is -2.30. The van der Waals surface area contributed by atoms with Gasteiger partial charge in [0.25, 0.3) is 5.91 Å². The second-order valence-electron chi connectivity index (χ2n) is 6.72. The molecule has 0 aromatic heterocycles. The average molecular weight is 406 g/mol. The molecule has 1 N–H and O–H groups in total. The molecule has 0 atom stereocenters. The van der Waals surface area contributed by atoms with Crippen LogP contribution in [0.2, 0.25) is 0 Å². The van der Waals surface area contributed by atoms with Gasteiger partial charge in [0.1, 0.15) is 6.54 Å². The molecular formula is C23H26N4O3. The van der Waals surface area contributed by atoms with Crippen LogP contribution in [-0.4, -0.2) is 39.1 Å². The predicted octanol–water partition coefficient (Wildman–Crippen LogP) is 4.24. The van der Waals surface area contributed by atoms with Gasteiger partial charge in [0, 0.05) is 31.8 Å². The van der Waals surface area contributed by atoms with Crippen molar-refractivity contribution in [3.63, 3.8) is 0 Å².